The standard InChI is InChI=1S/C12H16O3/c1-13-7-3-4-8(14-2)12-10-6-5-9(15-10)11(7)12/h3,8-10H,4-6H2,1-2H3. The van der Waals surface area contributed by atoms with Gasteiger partial charge >= 0.3 is 0 Å². The van der Waals surface area contributed by atoms with Crippen LogP contribution in [0.1, 0.15) is 19.3 Å². The first-order valence-electron chi connectivity index (χ1n) is 5.52. The highest BCUT2D eigenvalue weighted by Gasteiger charge is 2.46. The van der Waals surface area contributed by atoms with Crippen molar-refractivity contribution in [1.29, 1.82) is 0 Å². The lowest BCUT2D eigenvalue weighted by atomic mass is 9.83. The van der Waals surface area contributed by atoms with E-state index in [9.17, 15) is 0 Å². The van der Waals surface area contributed by atoms with E-state index in [0.717, 1.165) is 25.0 Å². The van der Waals surface area contributed by atoms with Crippen LogP contribution in [-0.4, -0.2) is 32.5 Å². The average Bonchev–Trinajstić information content (AvgIpc) is 2.88. The number of rotatable bonds is 2. The van der Waals surface area contributed by atoms with Crippen LogP contribution in [0.2, 0.25) is 0 Å². The van der Waals surface area contributed by atoms with Crippen molar-refractivity contribution in [2.75, 3.05) is 14.2 Å². The van der Waals surface area contributed by atoms with Crippen LogP contribution >= 0.6 is 0 Å². The minimum absolute atomic E-state index is 0.203. The van der Waals surface area contributed by atoms with Crippen LogP contribution in [0, 0.1) is 0 Å². The maximum atomic E-state index is 5.91. The minimum Gasteiger partial charge on any atom is -0.497 e. The Hall–Kier alpha value is -0.800. The third-order valence-corrected chi connectivity index (χ3v) is 3.63. The Morgan fingerprint density at radius 2 is 2.07 bits per heavy atom. The molecule has 0 aromatic heterocycles. The Labute approximate surface area is 89.7 Å². The SMILES string of the molecule is COC1=CCC(OC)C2=C1C1CCC2O1. The maximum absolute atomic E-state index is 5.91. The van der Waals surface area contributed by atoms with Gasteiger partial charge in [0, 0.05) is 12.7 Å². The van der Waals surface area contributed by atoms with Gasteiger partial charge in [0.2, 0.25) is 0 Å². The monoisotopic (exact) mass is 208 g/mol. The summed E-state index contributed by atoms with van der Waals surface area (Å²) in [4.78, 5) is 0. The van der Waals surface area contributed by atoms with Gasteiger partial charge in [-0.15, -0.1) is 0 Å². The molecule has 2 heterocycles. The summed E-state index contributed by atoms with van der Waals surface area (Å²) in [5, 5.41) is 0. The van der Waals surface area contributed by atoms with Crippen LogP contribution in [0.3, 0.4) is 0 Å². The van der Waals surface area contributed by atoms with E-state index >= 15 is 0 Å². The molecule has 2 bridgehead atoms. The molecule has 0 saturated carbocycles. The Kier molecular flexibility index (Phi) is 2.11. The predicted molar refractivity (Wildman–Crippen MR) is 55.4 cm³/mol. The minimum atomic E-state index is 0.203. The van der Waals surface area contributed by atoms with Gasteiger partial charge in [-0.25, -0.2) is 0 Å². The van der Waals surface area contributed by atoms with Crippen LogP contribution in [0.5, 0.6) is 0 Å². The Balaban J connectivity index is 2.03. The molecule has 3 nitrogen and oxygen atoms in total. The smallest absolute Gasteiger partial charge is 0.120 e. The molecule has 3 heteroatoms. The molecule has 0 radical (unpaired) electrons. The maximum Gasteiger partial charge on any atom is 0.120 e. The molecule has 3 unspecified atom stereocenters. The first-order valence-corrected chi connectivity index (χ1v) is 5.52. The molecule has 15 heavy (non-hydrogen) atoms. The second-order valence-electron chi connectivity index (χ2n) is 4.29. The first kappa shape index (κ1) is 9.43. The molecule has 1 saturated heterocycles. The van der Waals surface area contributed by atoms with Crippen molar-refractivity contribution in [2.45, 2.75) is 37.6 Å². The van der Waals surface area contributed by atoms with Crippen LogP contribution in [0.15, 0.2) is 23.0 Å². The van der Waals surface area contributed by atoms with Crippen LogP contribution < -0.4 is 0 Å². The van der Waals surface area contributed by atoms with E-state index < -0.39 is 0 Å². The highest BCUT2D eigenvalue weighted by Crippen LogP contribution is 2.46. The molecule has 0 N–H and O–H groups in total. The van der Waals surface area contributed by atoms with E-state index in [2.05, 4.69) is 6.08 Å². The summed E-state index contributed by atoms with van der Waals surface area (Å²) in [6, 6.07) is 0. The highest BCUT2D eigenvalue weighted by molar-refractivity contribution is 5.46. The molecule has 0 amide bonds. The van der Waals surface area contributed by atoms with Crippen LogP contribution in [-0.2, 0) is 14.2 Å². The lowest BCUT2D eigenvalue weighted by Crippen LogP contribution is -2.26. The summed E-state index contributed by atoms with van der Waals surface area (Å²) in [6.07, 6.45) is 6.04. The number of fused-ring (bicyclic) bond motifs is 4. The van der Waals surface area contributed by atoms with Crippen molar-refractivity contribution < 1.29 is 14.2 Å². The van der Waals surface area contributed by atoms with E-state index in [-0.39, 0.29) is 18.3 Å². The van der Waals surface area contributed by atoms with Crippen molar-refractivity contribution in [3.63, 3.8) is 0 Å². The van der Waals surface area contributed by atoms with Crippen LogP contribution in [0.4, 0.5) is 0 Å². The van der Waals surface area contributed by atoms with Gasteiger partial charge < -0.3 is 14.2 Å². The topological polar surface area (TPSA) is 27.7 Å². The summed E-state index contributed by atoms with van der Waals surface area (Å²) in [6.45, 7) is 0. The third-order valence-electron chi connectivity index (χ3n) is 3.63. The van der Waals surface area contributed by atoms with E-state index in [1.165, 1.54) is 11.1 Å². The van der Waals surface area contributed by atoms with E-state index in [1.807, 2.05) is 0 Å². The van der Waals surface area contributed by atoms with Gasteiger partial charge in [0.05, 0.1) is 25.4 Å². The average molecular weight is 208 g/mol. The lowest BCUT2D eigenvalue weighted by molar-refractivity contribution is 0.0828. The fourth-order valence-electron chi connectivity index (χ4n) is 2.99. The molecule has 1 fully saturated rings. The summed E-state index contributed by atoms with van der Waals surface area (Å²) in [7, 11) is 3.50. The third kappa shape index (κ3) is 1.20. The van der Waals surface area contributed by atoms with Crippen molar-refractivity contribution in [1.82, 2.24) is 0 Å². The van der Waals surface area contributed by atoms with Gasteiger partial charge in [-0.1, -0.05) is 0 Å². The normalized spacial score (nSPS) is 38.0. The van der Waals surface area contributed by atoms with Crippen molar-refractivity contribution in [3.8, 4) is 0 Å². The predicted octanol–water partition coefficient (Wildman–Crippen LogP) is 1.79. The molecule has 0 aromatic rings. The molecule has 82 valence electrons. The number of hydrogen-bond donors (Lipinski definition) is 0. The number of methoxy groups -OCH3 is 2. The Morgan fingerprint density at radius 1 is 1.27 bits per heavy atom. The van der Waals surface area contributed by atoms with E-state index in [1.54, 1.807) is 14.2 Å². The fourth-order valence-corrected chi connectivity index (χ4v) is 2.99. The Morgan fingerprint density at radius 3 is 2.80 bits per heavy atom. The zero-order valence-electron chi connectivity index (χ0n) is 9.16. The highest BCUT2D eigenvalue weighted by atomic mass is 16.5. The summed E-state index contributed by atoms with van der Waals surface area (Å²) in [5.41, 5.74) is 2.61. The zero-order valence-corrected chi connectivity index (χ0v) is 9.16. The molecule has 0 spiro atoms. The van der Waals surface area contributed by atoms with Gasteiger partial charge in [0.15, 0.2) is 0 Å². The molecule has 0 aromatic carbocycles. The second-order valence-corrected chi connectivity index (χ2v) is 4.29. The first-order chi connectivity index (χ1) is 7.35. The van der Waals surface area contributed by atoms with E-state index in [4.69, 9.17) is 14.2 Å². The van der Waals surface area contributed by atoms with Gasteiger partial charge in [-0.05, 0) is 30.9 Å². The number of hydrogen-bond acceptors (Lipinski definition) is 3. The second kappa shape index (κ2) is 3.35. The number of ether oxygens (including phenoxy) is 3. The van der Waals surface area contributed by atoms with Gasteiger partial charge in [-0.2, -0.15) is 0 Å². The molecule has 2 aliphatic heterocycles. The summed E-state index contributed by atoms with van der Waals surface area (Å²) >= 11 is 0. The quantitative estimate of drug-likeness (QED) is 0.692. The van der Waals surface area contributed by atoms with Gasteiger partial charge in [0.25, 0.3) is 0 Å². The summed E-state index contributed by atoms with van der Waals surface area (Å²) in [5.74, 6) is 1.01. The van der Waals surface area contributed by atoms with Crippen molar-refractivity contribution >= 4 is 0 Å². The molecule has 3 aliphatic rings. The summed E-state index contributed by atoms with van der Waals surface area (Å²) < 4.78 is 16.8. The molecule has 1 aliphatic carbocycles. The van der Waals surface area contributed by atoms with Gasteiger partial charge in [-0.3, -0.25) is 0 Å². The largest absolute Gasteiger partial charge is 0.497 e. The van der Waals surface area contributed by atoms with Crippen LogP contribution in [0.25, 0.3) is 0 Å². The van der Waals surface area contributed by atoms with Crippen molar-refractivity contribution in [2.24, 2.45) is 0 Å². The Bertz CT molecular complexity index is 343. The molecular formula is C12H16O3. The zero-order chi connectivity index (χ0) is 10.4. The van der Waals surface area contributed by atoms with Crippen molar-refractivity contribution in [3.05, 3.63) is 23.0 Å². The molecule has 3 rings (SSSR count). The molecular weight excluding hydrogens is 192 g/mol. The molecule has 3 atom stereocenters. The fraction of sp³-hybridized carbons (Fsp3) is 0.667. The van der Waals surface area contributed by atoms with Gasteiger partial charge in [0.1, 0.15) is 5.76 Å². The van der Waals surface area contributed by atoms with E-state index in [0.29, 0.717) is 0 Å². The lowest BCUT2D eigenvalue weighted by Gasteiger charge is -2.27.